The molecule has 0 N–H and O–H groups in total. The van der Waals surface area contributed by atoms with Crippen LogP contribution in [0.1, 0.15) is 37.0 Å². The smallest absolute Gasteiger partial charge is 0.260 e. The van der Waals surface area contributed by atoms with Gasteiger partial charge >= 0.3 is 0 Å². The van der Waals surface area contributed by atoms with Gasteiger partial charge in [-0.1, -0.05) is 25.2 Å². The molecule has 0 bridgehead atoms. The summed E-state index contributed by atoms with van der Waals surface area (Å²) >= 11 is 3.10. The first-order valence-corrected chi connectivity index (χ1v) is 11.5. The van der Waals surface area contributed by atoms with Crippen LogP contribution in [0.2, 0.25) is 0 Å². The lowest BCUT2D eigenvalue weighted by molar-refractivity contribution is 0.0917. The standard InChI is InChI=1S/C22H23FN2O2S2/c1-14(2)28-18-8-5-15(6-9-18)21(26)25(13-17-4-3-11-27-17)22-24-19-10-7-16(23)12-20(19)29-22/h5-10,12,14,17H,3-4,11,13H2,1-2H3. The first-order chi connectivity index (χ1) is 14.0. The van der Waals surface area contributed by atoms with Crippen molar-refractivity contribution in [3.05, 3.63) is 53.8 Å². The average Bonchev–Trinajstić information content (AvgIpc) is 3.34. The van der Waals surface area contributed by atoms with Gasteiger partial charge in [0, 0.05) is 22.3 Å². The second-order valence-corrected chi connectivity index (χ2v) is 10.0. The Morgan fingerprint density at radius 1 is 1.31 bits per heavy atom. The first-order valence-electron chi connectivity index (χ1n) is 9.76. The van der Waals surface area contributed by atoms with Gasteiger partial charge in [-0.05, 0) is 55.3 Å². The molecule has 4 rings (SSSR count). The minimum absolute atomic E-state index is 0.00142. The predicted molar refractivity (Wildman–Crippen MR) is 118 cm³/mol. The summed E-state index contributed by atoms with van der Waals surface area (Å²) in [5.74, 6) is -0.413. The van der Waals surface area contributed by atoms with Crippen LogP contribution >= 0.6 is 23.1 Å². The topological polar surface area (TPSA) is 42.4 Å². The molecule has 1 atom stereocenters. The number of hydrogen-bond acceptors (Lipinski definition) is 5. The van der Waals surface area contributed by atoms with Crippen molar-refractivity contribution in [3.63, 3.8) is 0 Å². The Labute approximate surface area is 178 Å². The van der Waals surface area contributed by atoms with Crippen LogP contribution < -0.4 is 4.90 Å². The second kappa shape index (κ2) is 8.81. The van der Waals surface area contributed by atoms with Crippen LogP contribution in [0.4, 0.5) is 9.52 Å². The SMILES string of the molecule is CC(C)Sc1ccc(C(=O)N(CC2CCCO2)c2nc3ccc(F)cc3s2)cc1. The summed E-state index contributed by atoms with van der Waals surface area (Å²) < 4.78 is 20.1. The van der Waals surface area contributed by atoms with Crippen molar-refractivity contribution in [1.29, 1.82) is 0 Å². The van der Waals surface area contributed by atoms with Crippen molar-refractivity contribution in [1.82, 2.24) is 4.98 Å². The molecular weight excluding hydrogens is 407 g/mol. The van der Waals surface area contributed by atoms with Crippen LogP contribution in [-0.2, 0) is 4.74 Å². The van der Waals surface area contributed by atoms with Crippen molar-refractivity contribution in [2.75, 3.05) is 18.1 Å². The van der Waals surface area contributed by atoms with E-state index in [9.17, 15) is 9.18 Å². The van der Waals surface area contributed by atoms with Gasteiger partial charge in [0.1, 0.15) is 5.82 Å². The number of carbonyl (C=O) groups excluding carboxylic acids is 1. The number of hydrogen-bond donors (Lipinski definition) is 0. The number of nitrogens with zero attached hydrogens (tertiary/aromatic N) is 2. The van der Waals surface area contributed by atoms with Gasteiger partial charge in [0.25, 0.3) is 5.91 Å². The van der Waals surface area contributed by atoms with Crippen molar-refractivity contribution >= 4 is 44.4 Å². The summed E-state index contributed by atoms with van der Waals surface area (Å²) in [7, 11) is 0. The van der Waals surface area contributed by atoms with Gasteiger partial charge in [-0.15, -0.1) is 11.8 Å². The molecule has 1 aromatic heterocycles. The van der Waals surface area contributed by atoms with Crippen LogP contribution in [-0.4, -0.2) is 35.4 Å². The van der Waals surface area contributed by atoms with Crippen molar-refractivity contribution in [2.24, 2.45) is 0 Å². The summed E-state index contributed by atoms with van der Waals surface area (Å²) in [5, 5.41) is 1.06. The van der Waals surface area contributed by atoms with Crippen LogP contribution in [0.15, 0.2) is 47.4 Å². The summed E-state index contributed by atoms with van der Waals surface area (Å²) in [4.78, 5) is 20.8. The maximum atomic E-state index is 13.6. The quantitative estimate of drug-likeness (QED) is 0.466. The number of thiazole rings is 1. The molecule has 1 saturated heterocycles. The fraction of sp³-hybridized carbons (Fsp3) is 0.364. The molecule has 1 aliphatic rings. The van der Waals surface area contributed by atoms with E-state index in [0.717, 1.165) is 29.0 Å². The van der Waals surface area contributed by atoms with E-state index in [2.05, 4.69) is 18.8 Å². The van der Waals surface area contributed by atoms with Crippen LogP contribution in [0.25, 0.3) is 10.2 Å². The Hall–Kier alpha value is -1.96. The number of anilines is 1. The fourth-order valence-corrected chi connectivity index (χ4v) is 5.18. The van der Waals surface area contributed by atoms with Crippen molar-refractivity contribution in [3.8, 4) is 0 Å². The zero-order chi connectivity index (χ0) is 20.4. The molecule has 0 radical (unpaired) electrons. The third-order valence-electron chi connectivity index (χ3n) is 4.70. The minimum Gasteiger partial charge on any atom is -0.376 e. The van der Waals surface area contributed by atoms with E-state index in [0.29, 0.717) is 28.0 Å². The van der Waals surface area contributed by atoms with E-state index in [4.69, 9.17) is 4.74 Å². The van der Waals surface area contributed by atoms with Crippen molar-refractivity contribution < 1.29 is 13.9 Å². The van der Waals surface area contributed by atoms with E-state index >= 15 is 0 Å². The normalized spacial score (nSPS) is 16.6. The Balaban J connectivity index is 1.64. The lowest BCUT2D eigenvalue weighted by atomic mass is 10.2. The molecule has 0 spiro atoms. The third kappa shape index (κ3) is 4.79. The highest BCUT2D eigenvalue weighted by atomic mass is 32.2. The Bertz CT molecular complexity index is 998. The largest absolute Gasteiger partial charge is 0.376 e. The second-order valence-electron chi connectivity index (χ2n) is 7.35. The van der Waals surface area contributed by atoms with Gasteiger partial charge in [0.2, 0.25) is 0 Å². The molecule has 3 aromatic rings. The number of aromatic nitrogens is 1. The lowest BCUT2D eigenvalue weighted by Gasteiger charge is -2.23. The van der Waals surface area contributed by atoms with Gasteiger partial charge in [0.05, 0.1) is 22.9 Å². The molecular formula is C22H23FN2O2S2. The van der Waals surface area contributed by atoms with Crippen molar-refractivity contribution in [2.45, 2.75) is 42.9 Å². The van der Waals surface area contributed by atoms with E-state index in [1.54, 1.807) is 22.7 Å². The molecule has 1 aliphatic heterocycles. The zero-order valence-electron chi connectivity index (χ0n) is 16.4. The molecule has 152 valence electrons. The maximum absolute atomic E-state index is 13.6. The van der Waals surface area contributed by atoms with Gasteiger partial charge in [-0.2, -0.15) is 0 Å². The summed E-state index contributed by atoms with van der Waals surface area (Å²) in [6, 6.07) is 12.2. The van der Waals surface area contributed by atoms with Gasteiger partial charge in [-0.25, -0.2) is 9.37 Å². The number of benzene rings is 2. The number of fused-ring (bicyclic) bond motifs is 1. The minimum atomic E-state index is -0.303. The van der Waals surface area contributed by atoms with Crippen LogP contribution in [0.5, 0.6) is 0 Å². The summed E-state index contributed by atoms with van der Waals surface area (Å²) in [6.45, 7) is 5.45. The number of rotatable bonds is 6. The summed E-state index contributed by atoms with van der Waals surface area (Å²) in [5.41, 5.74) is 1.31. The van der Waals surface area contributed by atoms with E-state index < -0.39 is 0 Å². The number of halogens is 1. The van der Waals surface area contributed by atoms with Gasteiger partial charge in [0.15, 0.2) is 5.13 Å². The molecule has 2 aromatic carbocycles. The summed E-state index contributed by atoms with van der Waals surface area (Å²) in [6.07, 6.45) is 1.92. The number of carbonyl (C=O) groups is 1. The number of thioether (sulfide) groups is 1. The zero-order valence-corrected chi connectivity index (χ0v) is 18.1. The van der Waals surface area contributed by atoms with E-state index in [-0.39, 0.29) is 17.8 Å². The van der Waals surface area contributed by atoms with E-state index in [1.165, 1.54) is 23.5 Å². The third-order valence-corrected chi connectivity index (χ3v) is 6.76. The molecule has 1 amide bonds. The monoisotopic (exact) mass is 430 g/mol. The molecule has 1 fully saturated rings. The fourth-order valence-electron chi connectivity index (χ4n) is 3.35. The van der Waals surface area contributed by atoms with E-state index in [1.807, 2.05) is 24.3 Å². The molecule has 0 saturated carbocycles. The molecule has 1 unspecified atom stereocenters. The van der Waals surface area contributed by atoms with Crippen LogP contribution in [0.3, 0.4) is 0 Å². The van der Waals surface area contributed by atoms with Gasteiger partial charge in [-0.3, -0.25) is 9.69 Å². The molecule has 0 aliphatic carbocycles. The number of amides is 1. The highest BCUT2D eigenvalue weighted by Gasteiger charge is 2.27. The molecule has 4 nitrogen and oxygen atoms in total. The Morgan fingerprint density at radius 3 is 2.79 bits per heavy atom. The molecule has 29 heavy (non-hydrogen) atoms. The maximum Gasteiger partial charge on any atom is 0.260 e. The number of ether oxygens (including phenoxy) is 1. The molecule has 2 heterocycles. The lowest BCUT2D eigenvalue weighted by Crippen LogP contribution is -2.37. The predicted octanol–water partition coefficient (Wildman–Crippen LogP) is 5.76. The Kier molecular flexibility index (Phi) is 6.18. The first kappa shape index (κ1) is 20.3. The molecule has 7 heteroatoms. The highest BCUT2D eigenvalue weighted by molar-refractivity contribution is 7.99. The van der Waals surface area contributed by atoms with Gasteiger partial charge < -0.3 is 4.74 Å². The van der Waals surface area contributed by atoms with Crippen LogP contribution in [0, 0.1) is 5.82 Å². The highest BCUT2D eigenvalue weighted by Crippen LogP contribution is 2.32. The average molecular weight is 431 g/mol. The Morgan fingerprint density at radius 2 is 2.10 bits per heavy atom.